The quantitative estimate of drug-likeness (QED) is 0.127. The molecule has 0 fully saturated rings. The minimum atomic E-state index is -0.279. The van der Waals surface area contributed by atoms with E-state index in [9.17, 15) is 4.79 Å². The molecular formula is C27H22I2N2O3. The first-order valence-corrected chi connectivity index (χ1v) is 12.9. The molecule has 0 aliphatic rings. The first-order chi connectivity index (χ1) is 16.5. The van der Waals surface area contributed by atoms with Crippen LogP contribution in [0.3, 0.4) is 0 Å². The summed E-state index contributed by atoms with van der Waals surface area (Å²) in [6.07, 6.45) is 1.63. The predicted molar refractivity (Wildman–Crippen MR) is 153 cm³/mol. The minimum Gasteiger partial charge on any atom is -0.494 e. The van der Waals surface area contributed by atoms with Crippen LogP contribution in [-0.2, 0) is 6.61 Å². The van der Waals surface area contributed by atoms with Gasteiger partial charge < -0.3 is 9.47 Å². The molecule has 1 amide bonds. The van der Waals surface area contributed by atoms with Gasteiger partial charge in [-0.25, -0.2) is 5.43 Å². The highest BCUT2D eigenvalue weighted by molar-refractivity contribution is 14.1. The Kier molecular flexibility index (Phi) is 8.39. The maximum Gasteiger partial charge on any atom is 0.271 e. The van der Waals surface area contributed by atoms with Crippen molar-refractivity contribution >= 4 is 68.1 Å². The van der Waals surface area contributed by atoms with Crippen molar-refractivity contribution in [2.75, 3.05) is 6.61 Å². The summed E-state index contributed by atoms with van der Waals surface area (Å²) < 4.78 is 13.6. The number of benzene rings is 4. The molecule has 0 aromatic heterocycles. The molecule has 1 N–H and O–H groups in total. The molecule has 0 radical (unpaired) electrons. The molecule has 0 aliphatic heterocycles. The van der Waals surface area contributed by atoms with Gasteiger partial charge in [-0.15, -0.1) is 0 Å². The lowest BCUT2D eigenvalue weighted by atomic mass is 10.1. The second-order valence-electron chi connectivity index (χ2n) is 7.40. The second kappa shape index (κ2) is 11.7. The largest absolute Gasteiger partial charge is 0.494 e. The number of hydrazone groups is 1. The van der Waals surface area contributed by atoms with Crippen LogP contribution in [-0.4, -0.2) is 18.7 Å². The van der Waals surface area contributed by atoms with Gasteiger partial charge in [-0.1, -0.05) is 42.5 Å². The third-order valence-electron chi connectivity index (χ3n) is 5.08. The molecule has 172 valence electrons. The first-order valence-electron chi connectivity index (χ1n) is 10.7. The lowest BCUT2D eigenvalue weighted by Crippen LogP contribution is -2.17. The molecule has 0 heterocycles. The zero-order chi connectivity index (χ0) is 23.9. The van der Waals surface area contributed by atoms with E-state index >= 15 is 0 Å². The van der Waals surface area contributed by atoms with Crippen LogP contribution < -0.4 is 14.9 Å². The molecule has 4 rings (SSSR count). The Balaban J connectivity index is 1.40. The Labute approximate surface area is 225 Å². The van der Waals surface area contributed by atoms with Crippen LogP contribution in [0.25, 0.3) is 10.8 Å². The monoisotopic (exact) mass is 676 g/mol. The van der Waals surface area contributed by atoms with Gasteiger partial charge in [0.2, 0.25) is 0 Å². The number of hydrogen-bond acceptors (Lipinski definition) is 4. The molecule has 5 nitrogen and oxygen atoms in total. The normalized spacial score (nSPS) is 11.0. The fourth-order valence-corrected chi connectivity index (χ4v) is 5.59. The Hall–Kier alpha value is -2.66. The SMILES string of the molecule is CCOc1ccc(C(=O)N/N=C/c2cc(I)c(OCc3cccc4ccccc34)c(I)c2)cc1. The summed E-state index contributed by atoms with van der Waals surface area (Å²) in [5.41, 5.74) is 5.10. The van der Waals surface area contributed by atoms with E-state index in [4.69, 9.17) is 9.47 Å². The van der Waals surface area contributed by atoms with Gasteiger partial charge in [0.05, 0.1) is 20.0 Å². The molecular weight excluding hydrogens is 654 g/mol. The molecule has 34 heavy (non-hydrogen) atoms. The summed E-state index contributed by atoms with van der Waals surface area (Å²) in [5, 5.41) is 6.51. The second-order valence-corrected chi connectivity index (χ2v) is 9.72. The third kappa shape index (κ3) is 6.06. The van der Waals surface area contributed by atoms with Crippen molar-refractivity contribution in [2.45, 2.75) is 13.5 Å². The van der Waals surface area contributed by atoms with Crippen LogP contribution in [0.5, 0.6) is 11.5 Å². The lowest BCUT2D eigenvalue weighted by Gasteiger charge is -2.13. The Morgan fingerprint density at radius 1 is 0.941 bits per heavy atom. The zero-order valence-corrected chi connectivity index (χ0v) is 22.7. The number of carbonyl (C=O) groups excluding carboxylic acids is 1. The Morgan fingerprint density at radius 2 is 1.65 bits per heavy atom. The molecule has 0 unspecified atom stereocenters. The number of nitrogens with zero attached hydrogens (tertiary/aromatic N) is 1. The van der Waals surface area contributed by atoms with Crippen LogP contribution >= 0.6 is 45.2 Å². The van der Waals surface area contributed by atoms with E-state index in [1.165, 1.54) is 10.8 Å². The highest BCUT2D eigenvalue weighted by Crippen LogP contribution is 2.30. The van der Waals surface area contributed by atoms with E-state index in [0.717, 1.165) is 29.8 Å². The fourth-order valence-electron chi connectivity index (χ4n) is 3.46. The van der Waals surface area contributed by atoms with Crippen molar-refractivity contribution in [3.05, 3.63) is 103 Å². The number of rotatable bonds is 8. The predicted octanol–water partition coefficient (Wildman–Crippen LogP) is 6.79. The average Bonchev–Trinajstić information content (AvgIpc) is 2.84. The van der Waals surface area contributed by atoms with Gasteiger partial charge in [-0.3, -0.25) is 4.79 Å². The van der Waals surface area contributed by atoms with Crippen molar-refractivity contribution < 1.29 is 14.3 Å². The van der Waals surface area contributed by atoms with E-state index in [2.05, 4.69) is 86.0 Å². The van der Waals surface area contributed by atoms with Crippen molar-refractivity contribution in [2.24, 2.45) is 5.10 Å². The van der Waals surface area contributed by atoms with E-state index in [-0.39, 0.29) is 5.91 Å². The zero-order valence-electron chi connectivity index (χ0n) is 18.4. The standard InChI is InChI=1S/C27H22I2N2O3/c1-2-33-22-12-10-20(11-13-22)27(32)31-30-16-18-14-24(28)26(25(29)15-18)34-17-21-8-5-7-19-6-3-4-9-23(19)21/h3-16H,2,17H2,1H3,(H,31,32)/b30-16+. The fraction of sp³-hybridized carbons (Fsp3) is 0.111. The van der Waals surface area contributed by atoms with E-state index in [1.54, 1.807) is 30.5 Å². The van der Waals surface area contributed by atoms with Crippen LogP contribution in [0.2, 0.25) is 0 Å². The van der Waals surface area contributed by atoms with E-state index in [1.807, 2.05) is 31.2 Å². The number of carbonyl (C=O) groups is 1. The van der Waals surface area contributed by atoms with Gasteiger partial charge in [0, 0.05) is 5.56 Å². The number of amides is 1. The summed E-state index contributed by atoms with van der Waals surface area (Å²) >= 11 is 4.53. The van der Waals surface area contributed by atoms with Gasteiger partial charge >= 0.3 is 0 Å². The molecule has 0 saturated carbocycles. The van der Waals surface area contributed by atoms with Gasteiger partial charge in [0.15, 0.2) is 0 Å². The van der Waals surface area contributed by atoms with E-state index in [0.29, 0.717) is 18.8 Å². The molecule has 0 bridgehead atoms. The van der Waals surface area contributed by atoms with E-state index < -0.39 is 0 Å². The maximum atomic E-state index is 12.3. The van der Waals surface area contributed by atoms with Gasteiger partial charge in [0.1, 0.15) is 18.1 Å². The summed E-state index contributed by atoms with van der Waals surface area (Å²) in [5.74, 6) is 1.29. The number of hydrogen-bond donors (Lipinski definition) is 1. The third-order valence-corrected chi connectivity index (χ3v) is 6.68. The van der Waals surface area contributed by atoms with Crippen molar-refractivity contribution in [1.82, 2.24) is 5.43 Å². The molecule has 7 heteroatoms. The van der Waals surface area contributed by atoms with Crippen molar-refractivity contribution in [3.63, 3.8) is 0 Å². The smallest absolute Gasteiger partial charge is 0.271 e. The van der Waals surface area contributed by atoms with Crippen LogP contribution in [0.4, 0.5) is 0 Å². The number of fused-ring (bicyclic) bond motifs is 1. The van der Waals surface area contributed by atoms with Crippen LogP contribution in [0.1, 0.15) is 28.4 Å². The topological polar surface area (TPSA) is 59.9 Å². The highest BCUT2D eigenvalue weighted by Gasteiger charge is 2.10. The molecule has 0 spiro atoms. The molecule has 4 aromatic rings. The highest BCUT2D eigenvalue weighted by atomic mass is 127. The number of nitrogens with one attached hydrogen (secondary N) is 1. The van der Waals surface area contributed by atoms with Gasteiger partial charge in [0.25, 0.3) is 5.91 Å². The molecule has 0 atom stereocenters. The maximum absolute atomic E-state index is 12.3. The lowest BCUT2D eigenvalue weighted by molar-refractivity contribution is 0.0955. The molecule has 4 aromatic carbocycles. The minimum absolute atomic E-state index is 0.279. The summed E-state index contributed by atoms with van der Waals surface area (Å²) in [7, 11) is 0. The number of ether oxygens (including phenoxy) is 2. The molecule has 0 saturated heterocycles. The summed E-state index contributed by atoms with van der Waals surface area (Å²) in [6, 6.07) is 25.5. The molecule has 0 aliphatic carbocycles. The van der Waals surface area contributed by atoms with Gasteiger partial charge in [-0.2, -0.15) is 5.10 Å². The summed E-state index contributed by atoms with van der Waals surface area (Å²) in [4.78, 5) is 12.3. The van der Waals surface area contributed by atoms with Crippen LogP contribution in [0.15, 0.2) is 84.0 Å². The first kappa shape index (κ1) is 24.5. The Bertz CT molecular complexity index is 1310. The Morgan fingerprint density at radius 3 is 2.38 bits per heavy atom. The van der Waals surface area contributed by atoms with Crippen LogP contribution in [0, 0.1) is 7.14 Å². The van der Waals surface area contributed by atoms with Gasteiger partial charge in [-0.05, 0) is 110 Å². The van der Waals surface area contributed by atoms with Crippen molar-refractivity contribution in [1.29, 1.82) is 0 Å². The van der Waals surface area contributed by atoms with Crippen molar-refractivity contribution in [3.8, 4) is 11.5 Å². The number of halogens is 2. The summed E-state index contributed by atoms with van der Waals surface area (Å²) in [6.45, 7) is 2.99. The average molecular weight is 676 g/mol.